The van der Waals surface area contributed by atoms with E-state index >= 15 is 0 Å². The zero-order chi connectivity index (χ0) is 13.6. The van der Waals surface area contributed by atoms with Crippen LogP contribution in [0.1, 0.15) is 66.2 Å². The zero-order valence-corrected chi connectivity index (χ0v) is 12.3. The number of hydrogen-bond acceptors (Lipinski definition) is 2. The molecule has 2 aliphatic carbocycles. The topological polar surface area (TPSA) is 44.0 Å². The Bertz CT molecular complexity index is 346. The average Bonchev–Trinajstić information content (AvgIpc) is 2.26. The van der Waals surface area contributed by atoms with Crippen LogP contribution in [0.3, 0.4) is 0 Å². The highest BCUT2D eigenvalue weighted by atomic mass is 16.3. The van der Waals surface area contributed by atoms with E-state index in [4.69, 9.17) is 0 Å². The van der Waals surface area contributed by atoms with Crippen molar-refractivity contribution in [1.82, 2.24) is 0 Å². The largest absolute Gasteiger partial charge is 0.388 e. The van der Waals surface area contributed by atoms with Crippen molar-refractivity contribution < 1.29 is 5.11 Å². The van der Waals surface area contributed by atoms with Gasteiger partial charge in [0.25, 0.3) is 0 Å². The lowest BCUT2D eigenvalue weighted by Gasteiger charge is -2.55. The summed E-state index contributed by atoms with van der Waals surface area (Å²) < 4.78 is 0. The molecule has 2 fully saturated rings. The van der Waals surface area contributed by atoms with Crippen molar-refractivity contribution in [3.05, 3.63) is 0 Å². The van der Waals surface area contributed by atoms with Crippen molar-refractivity contribution in [2.45, 2.75) is 71.8 Å². The maximum atomic E-state index is 10.7. The van der Waals surface area contributed by atoms with Crippen LogP contribution < -0.4 is 0 Å². The Hall–Kier alpha value is -0.550. The molecule has 0 spiro atoms. The van der Waals surface area contributed by atoms with Crippen LogP contribution in [0.4, 0.5) is 0 Å². The van der Waals surface area contributed by atoms with Gasteiger partial charge in [0.15, 0.2) is 0 Å². The van der Waals surface area contributed by atoms with E-state index in [1.54, 1.807) is 0 Å². The minimum absolute atomic E-state index is 0.330. The second-order valence-corrected chi connectivity index (χ2v) is 7.88. The normalized spacial score (nSPS) is 45.1. The minimum atomic E-state index is -0.690. The monoisotopic (exact) mass is 249 g/mol. The van der Waals surface area contributed by atoms with Gasteiger partial charge in [0, 0.05) is 0 Å². The molecule has 0 atom stereocenters. The molecule has 0 aromatic heterocycles. The molecule has 102 valence electrons. The first-order valence-corrected chi connectivity index (χ1v) is 7.36. The highest BCUT2D eigenvalue weighted by Gasteiger charge is 2.58. The van der Waals surface area contributed by atoms with Crippen molar-refractivity contribution in [3.8, 4) is 6.07 Å². The van der Waals surface area contributed by atoms with Crippen LogP contribution in [-0.2, 0) is 0 Å². The van der Waals surface area contributed by atoms with Crippen LogP contribution in [0.5, 0.6) is 0 Å². The van der Waals surface area contributed by atoms with Crippen molar-refractivity contribution >= 4 is 0 Å². The Morgan fingerprint density at radius 3 is 2.00 bits per heavy atom. The van der Waals surface area contributed by atoms with Crippen molar-refractivity contribution in [2.24, 2.45) is 22.7 Å². The minimum Gasteiger partial charge on any atom is -0.388 e. The molecule has 0 amide bonds. The van der Waals surface area contributed by atoms with E-state index in [2.05, 4.69) is 33.8 Å². The van der Waals surface area contributed by atoms with Gasteiger partial charge in [-0.05, 0) is 55.8 Å². The molecule has 18 heavy (non-hydrogen) atoms. The molecule has 2 aliphatic rings. The van der Waals surface area contributed by atoms with Gasteiger partial charge < -0.3 is 5.11 Å². The summed E-state index contributed by atoms with van der Waals surface area (Å²) in [5.41, 5.74) is -0.817. The number of aliphatic hydroxyl groups is 1. The predicted molar refractivity (Wildman–Crippen MR) is 72.8 cm³/mol. The first kappa shape index (κ1) is 13.9. The lowest BCUT2D eigenvalue weighted by Crippen LogP contribution is -2.57. The first-order valence-electron chi connectivity index (χ1n) is 7.36. The van der Waals surface area contributed by atoms with Gasteiger partial charge in [-0.1, -0.05) is 27.7 Å². The molecule has 0 bridgehead atoms. The van der Waals surface area contributed by atoms with Gasteiger partial charge in [-0.2, -0.15) is 5.26 Å². The summed E-state index contributed by atoms with van der Waals surface area (Å²) in [5.74, 6) is 1.28. The number of hydrogen-bond donors (Lipinski definition) is 1. The Labute approximate surface area is 111 Å². The Kier molecular flexibility index (Phi) is 3.26. The van der Waals surface area contributed by atoms with Gasteiger partial charge in [-0.25, -0.2) is 0 Å². The first-order chi connectivity index (χ1) is 8.22. The van der Waals surface area contributed by atoms with E-state index < -0.39 is 11.0 Å². The molecule has 0 radical (unpaired) electrons. The lowest BCUT2D eigenvalue weighted by molar-refractivity contribution is -0.158. The van der Waals surface area contributed by atoms with Gasteiger partial charge in [-0.3, -0.25) is 0 Å². The molecule has 2 nitrogen and oxygen atoms in total. The molecule has 0 heterocycles. The molecule has 0 saturated heterocycles. The van der Waals surface area contributed by atoms with Crippen LogP contribution in [0.25, 0.3) is 0 Å². The lowest BCUT2D eigenvalue weighted by atomic mass is 9.51. The molecular formula is C16H27NO. The fourth-order valence-electron chi connectivity index (χ4n) is 4.14. The maximum absolute atomic E-state index is 10.7. The molecular weight excluding hydrogens is 222 g/mol. The SMILES string of the molecule is CC1CC(O)(C2(C#N)CCC(C(C)(C)C)CC2)C1. The van der Waals surface area contributed by atoms with Crippen molar-refractivity contribution in [2.75, 3.05) is 0 Å². The molecule has 0 aromatic carbocycles. The van der Waals surface area contributed by atoms with Crippen LogP contribution in [0, 0.1) is 34.0 Å². The number of rotatable bonds is 1. The number of nitriles is 1. The summed E-state index contributed by atoms with van der Waals surface area (Å²) in [7, 11) is 0. The van der Waals surface area contributed by atoms with Gasteiger partial charge >= 0.3 is 0 Å². The van der Waals surface area contributed by atoms with E-state index in [1.165, 1.54) is 0 Å². The molecule has 0 aliphatic heterocycles. The molecule has 2 rings (SSSR count). The van der Waals surface area contributed by atoms with E-state index in [0.717, 1.165) is 38.5 Å². The van der Waals surface area contributed by atoms with E-state index in [0.29, 0.717) is 17.3 Å². The third kappa shape index (κ3) is 2.07. The molecule has 2 saturated carbocycles. The second-order valence-electron chi connectivity index (χ2n) is 7.88. The van der Waals surface area contributed by atoms with Gasteiger partial charge in [0.05, 0.1) is 17.1 Å². The van der Waals surface area contributed by atoms with Crippen LogP contribution in [0.15, 0.2) is 0 Å². The summed E-state index contributed by atoms with van der Waals surface area (Å²) in [4.78, 5) is 0. The fraction of sp³-hybridized carbons (Fsp3) is 0.938. The summed E-state index contributed by atoms with van der Waals surface area (Å²) in [5, 5.41) is 20.3. The molecule has 0 unspecified atom stereocenters. The zero-order valence-electron chi connectivity index (χ0n) is 12.3. The van der Waals surface area contributed by atoms with E-state index in [1.807, 2.05) is 0 Å². The van der Waals surface area contributed by atoms with Crippen LogP contribution >= 0.6 is 0 Å². The third-order valence-corrected chi connectivity index (χ3v) is 5.54. The Morgan fingerprint density at radius 2 is 1.67 bits per heavy atom. The molecule has 1 N–H and O–H groups in total. The fourth-order valence-corrected chi connectivity index (χ4v) is 4.14. The smallest absolute Gasteiger partial charge is 0.0860 e. The van der Waals surface area contributed by atoms with Gasteiger partial charge in [0.1, 0.15) is 0 Å². The van der Waals surface area contributed by atoms with Gasteiger partial charge in [0.2, 0.25) is 0 Å². The summed E-state index contributed by atoms with van der Waals surface area (Å²) in [6.07, 6.45) is 5.59. The molecule has 0 aromatic rings. The average molecular weight is 249 g/mol. The van der Waals surface area contributed by atoms with Crippen molar-refractivity contribution in [3.63, 3.8) is 0 Å². The third-order valence-electron chi connectivity index (χ3n) is 5.54. The quantitative estimate of drug-likeness (QED) is 0.766. The van der Waals surface area contributed by atoms with Crippen molar-refractivity contribution in [1.29, 1.82) is 5.26 Å². The van der Waals surface area contributed by atoms with Crippen LogP contribution in [-0.4, -0.2) is 10.7 Å². The maximum Gasteiger partial charge on any atom is 0.0860 e. The summed E-state index contributed by atoms with van der Waals surface area (Å²) in [6.45, 7) is 9.03. The summed E-state index contributed by atoms with van der Waals surface area (Å²) >= 11 is 0. The van der Waals surface area contributed by atoms with Gasteiger partial charge in [-0.15, -0.1) is 0 Å². The highest BCUT2D eigenvalue weighted by molar-refractivity contribution is 5.17. The second kappa shape index (κ2) is 4.23. The number of nitrogens with zero attached hydrogens (tertiary/aromatic N) is 1. The Balaban J connectivity index is 2.08. The summed E-state index contributed by atoms with van der Waals surface area (Å²) in [6, 6.07) is 2.50. The molecule has 2 heteroatoms. The predicted octanol–water partition coefficient (Wildman–Crippen LogP) is 3.89. The van der Waals surface area contributed by atoms with E-state index in [-0.39, 0.29) is 0 Å². The highest BCUT2D eigenvalue weighted by Crippen LogP contribution is 2.57. The van der Waals surface area contributed by atoms with Crippen LogP contribution in [0.2, 0.25) is 0 Å². The Morgan fingerprint density at radius 1 is 1.17 bits per heavy atom. The standard InChI is InChI=1S/C16H27NO/c1-12-9-16(18,10-12)15(11-17)7-5-13(6-8-15)14(2,3)4/h12-13,18H,5-10H2,1-4H3. The van der Waals surface area contributed by atoms with E-state index in [9.17, 15) is 10.4 Å².